The van der Waals surface area contributed by atoms with E-state index in [1.807, 2.05) is 15.9 Å². The molecule has 2 saturated heterocycles. The van der Waals surface area contributed by atoms with Gasteiger partial charge in [-0.2, -0.15) is 0 Å². The first-order valence-corrected chi connectivity index (χ1v) is 10.6. The minimum Gasteiger partial charge on any atom is -0.472 e. The minimum absolute atomic E-state index is 0.00307. The number of piperazine rings is 1. The lowest BCUT2D eigenvalue weighted by Gasteiger charge is -2.38. The summed E-state index contributed by atoms with van der Waals surface area (Å²) in [6.07, 6.45) is 5.55. The first-order chi connectivity index (χ1) is 14.2. The lowest BCUT2D eigenvalue weighted by molar-refractivity contribution is -0.138. The molecule has 154 valence electrons. The van der Waals surface area contributed by atoms with Crippen LogP contribution in [0.3, 0.4) is 0 Å². The van der Waals surface area contributed by atoms with Crippen LogP contribution in [0.2, 0.25) is 0 Å². The summed E-state index contributed by atoms with van der Waals surface area (Å²) in [4.78, 5) is 31.6. The molecule has 29 heavy (non-hydrogen) atoms. The molecule has 3 heterocycles. The van der Waals surface area contributed by atoms with Gasteiger partial charge in [0.25, 0.3) is 5.91 Å². The summed E-state index contributed by atoms with van der Waals surface area (Å²) in [6.45, 7) is 5.81. The van der Waals surface area contributed by atoms with Crippen LogP contribution in [0.4, 0.5) is 0 Å². The maximum absolute atomic E-state index is 12.9. The van der Waals surface area contributed by atoms with Gasteiger partial charge in [0.05, 0.1) is 11.8 Å². The predicted molar refractivity (Wildman–Crippen MR) is 111 cm³/mol. The van der Waals surface area contributed by atoms with Crippen molar-refractivity contribution in [2.24, 2.45) is 5.92 Å². The second-order valence-electron chi connectivity index (χ2n) is 7.98. The molecule has 2 aliphatic heterocycles. The molecule has 2 fully saturated rings. The van der Waals surface area contributed by atoms with Gasteiger partial charge >= 0.3 is 0 Å². The predicted octanol–water partition coefficient (Wildman–Crippen LogP) is 2.52. The average molecular weight is 396 g/mol. The Morgan fingerprint density at radius 2 is 1.62 bits per heavy atom. The van der Waals surface area contributed by atoms with Gasteiger partial charge in [-0.1, -0.05) is 30.3 Å². The van der Waals surface area contributed by atoms with Crippen molar-refractivity contribution in [2.45, 2.75) is 19.3 Å². The van der Waals surface area contributed by atoms with Gasteiger partial charge in [0.2, 0.25) is 5.91 Å². The van der Waals surface area contributed by atoms with Crippen LogP contribution in [0.15, 0.2) is 53.3 Å². The first kappa shape index (κ1) is 19.7. The highest BCUT2D eigenvalue weighted by molar-refractivity contribution is 5.94. The largest absolute Gasteiger partial charge is 0.472 e. The Bertz CT molecular complexity index is 790. The van der Waals surface area contributed by atoms with Gasteiger partial charge in [0.1, 0.15) is 6.26 Å². The standard InChI is InChI=1S/C23H29N3O3/c27-22(20-7-11-25(12-8-20)23(28)21-9-17-29-18-21)26-15-13-24(14-16-26)10-6-19-4-2-1-3-5-19/h1-5,9,17-18,20H,6-8,10-16H2. The third kappa shape index (κ3) is 4.88. The molecular weight excluding hydrogens is 366 g/mol. The smallest absolute Gasteiger partial charge is 0.257 e. The molecule has 2 aliphatic rings. The normalized spacial score (nSPS) is 18.8. The Morgan fingerprint density at radius 3 is 2.28 bits per heavy atom. The molecule has 6 heteroatoms. The van der Waals surface area contributed by atoms with Gasteiger partial charge < -0.3 is 14.2 Å². The van der Waals surface area contributed by atoms with E-state index in [0.29, 0.717) is 18.7 Å². The molecule has 0 spiro atoms. The van der Waals surface area contributed by atoms with Crippen LogP contribution >= 0.6 is 0 Å². The van der Waals surface area contributed by atoms with E-state index < -0.39 is 0 Å². The highest BCUT2D eigenvalue weighted by Gasteiger charge is 2.32. The molecular formula is C23H29N3O3. The lowest BCUT2D eigenvalue weighted by atomic mass is 9.94. The second kappa shape index (κ2) is 9.27. The topological polar surface area (TPSA) is 57.0 Å². The molecule has 1 aromatic carbocycles. The third-order valence-corrected chi connectivity index (χ3v) is 6.14. The zero-order chi connectivity index (χ0) is 20.1. The van der Waals surface area contributed by atoms with Gasteiger partial charge in [-0.05, 0) is 30.9 Å². The fourth-order valence-electron chi connectivity index (χ4n) is 4.28. The Labute approximate surface area is 172 Å². The monoisotopic (exact) mass is 395 g/mol. The highest BCUT2D eigenvalue weighted by Crippen LogP contribution is 2.22. The van der Waals surface area contributed by atoms with Gasteiger partial charge in [-0.15, -0.1) is 0 Å². The van der Waals surface area contributed by atoms with E-state index >= 15 is 0 Å². The van der Waals surface area contributed by atoms with E-state index in [2.05, 4.69) is 29.2 Å². The number of carbonyl (C=O) groups is 2. The second-order valence-corrected chi connectivity index (χ2v) is 7.98. The number of amides is 2. The Morgan fingerprint density at radius 1 is 0.897 bits per heavy atom. The molecule has 2 aromatic rings. The quantitative estimate of drug-likeness (QED) is 0.781. The maximum Gasteiger partial charge on any atom is 0.257 e. The molecule has 0 N–H and O–H groups in total. The van der Waals surface area contributed by atoms with Crippen molar-refractivity contribution in [2.75, 3.05) is 45.8 Å². The minimum atomic E-state index is -0.00307. The number of piperidine rings is 1. The molecule has 4 rings (SSSR count). The number of benzene rings is 1. The third-order valence-electron chi connectivity index (χ3n) is 6.14. The van der Waals surface area contributed by atoms with Gasteiger partial charge in [-0.25, -0.2) is 0 Å². The van der Waals surface area contributed by atoms with E-state index in [4.69, 9.17) is 4.42 Å². The number of furan rings is 1. The number of carbonyl (C=O) groups excluding carboxylic acids is 2. The van der Waals surface area contributed by atoms with E-state index in [1.54, 1.807) is 6.07 Å². The van der Waals surface area contributed by atoms with E-state index in [-0.39, 0.29) is 17.7 Å². The molecule has 0 atom stereocenters. The summed E-state index contributed by atoms with van der Waals surface area (Å²) in [5, 5.41) is 0. The number of hydrogen-bond acceptors (Lipinski definition) is 4. The van der Waals surface area contributed by atoms with Crippen LogP contribution in [0.1, 0.15) is 28.8 Å². The van der Waals surface area contributed by atoms with Crippen molar-refractivity contribution in [3.63, 3.8) is 0 Å². The van der Waals surface area contributed by atoms with Crippen LogP contribution in [0, 0.1) is 5.92 Å². The van der Waals surface area contributed by atoms with E-state index in [9.17, 15) is 9.59 Å². The van der Waals surface area contributed by atoms with Crippen molar-refractivity contribution >= 4 is 11.8 Å². The summed E-state index contributed by atoms with van der Waals surface area (Å²) in [5.74, 6) is 0.305. The van der Waals surface area contributed by atoms with Crippen LogP contribution in [-0.4, -0.2) is 72.3 Å². The number of likely N-dealkylation sites (tertiary alicyclic amines) is 1. The summed E-state index contributed by atoms with van der Waals surface area (Å²) in [6, 6.07) is 12.2. The molecule has 6 nitrogen and oxygen atoms in total. The van der Waals surface area contributed by atoms with Crippen molar-refractivity contribution in [3.8, 4) is 0 Å². The number of nitrogens with zero attached hydrogens (tertiary/aromatic N) is 3. The molecule has 1 aromatic heterocycles. The number of hydrogen-bond donors (Lipinski definition) is 0. The van der Waals surface area contributed by atoms with Gasteiger partial charge in [-0.3, -0.25) is 14.5 Å². The molecule has 0 radical (unpaired) electrons. The summed E-state index contributed by atoms with van der Waals surface area (Å²) < 4.78 is 5.00. The summed E-state index contributed by atoms with van der Waals surface area (Å²) in [5.41, 5.74) is 1.95. The Balaban J connectivity index is 1.20. The SMILES string of the molecule is O=C(c1ccoc1)N1CCC(C(=O)N2CCN(CCc3ccccc3)CC2)CC1. The molecule has 0 aliphatic carbocycles. The van der Waals surface area contributed by atoms with Crippen molar-refractivity contribution < 1.29 is 14.0 Å². The van der Waals surface area contributed by atoms with Crippen LogP contribution in [0.25, 0.3) is 0 Å². The van der Waals surface area contributed by atoms with Crippen molar-refractivity contribution in [1.29, 1.82) is 0 Å². The summed E-state index contributed by atoms with van der Waals surface area (Å²) >= 11 is 0. The first-order valence-electron chi connectivity index (χ1n) is 10.6. The highest BCUT2D eigenvalue weighted by atomic mass is 16.3. The molecule has 0 bridgehead atoms. The van der Waals surface area contributed by atoms with E-state index in [0.717, 1.165) is 52.0 Å². The fraction of sp³-hybridized carbons (Fsp3) is 0.478. The van der Waals surface area contributed by atoms with Crippen molar-refractivity contribution in [1.82, 2.24) is 14.7 Å². The Hall–Kier alpha value is -2.60. The molecule has 0 unspecified atom stereocenters. The zero-order valence-corrected chi connectivity index (χ0v) is 16.8. The fourth-order valence-corrected chi connectivity index (χ4v) is 4.28. The maximum atomic E-state index is 12.9. The lowest BCUT2D eigenvalue weighted by Crippen LogP contribution is -2.52. The van der Waals surface area contributed by atoms with Crippen molar-refractivity contribution in [3.05, 3.63) is 60.1 Å². The Kier molecular flexibility index (Phi) is 6.30. The van der Waals surface area contributed by atoms with Crippen LogP contribution in [-0.2, 0) is 11.2 Å². The molecule has 2 amide bonds. The van der Waals surface area contributed by atoms with Crippen LogP contribution < -0.4 is 0 Å². The van der Waals surface area contributed by atoms with Gasteiger partial charge in [0, 0.05) is 51.7 Å². The molecule has 0 saturated carbocycles. The summed E-state index contributed by atoms with van der Waals surface area (Å²) in [7, 11) is 0. The van der Waals surface area contributed by atoms with Gasteiger partial charge in [0.15, 0.2) is 0 Å². The number of rotatable bonds is 5. The zero-order valence-electron chi connectivity index (χ0n) is 16.8. The van der Waals surface area contributed by atoms with E-state index in [1.165, 1.54) is 18.1 Å². The average Bonchev–Trinajstić information content (AvgIpc) is 3.33. The van der Waals surface area contributed by atoms with Crippen LogP contribution in [0.5, 0.6) is 0 Å².